The molecular weight excluding hydrogens is 140 g/mol. The Morgan fingerprint density at radius 2 is 2.36 bits per heavy atom. The number of nitrogens with zero attached hydrogens (tertiary/aromatic N) is 1. The monoisotopic (exact) mass is 153 g/mol. The number of rotatable bonds is 2. The maximum Gasteiger partial charge on any atom is 0.272 e. The molecular formula is C8H13N2O+. The van der Waals surface area contributed by atoms with Gasteiger partial charge in [0, 0.05) is 6.07 Å². The van der Waals surface area contributed by atoms with Gasteiger partial charge < -0.3 is 5.11 Å². The summed E-state index contributed by atoms with van der Waals surface area (Å²) in [5.74, 6) is 0.674. The normalized spacial score (nSPS) is 12.9. The molecule has 60 valence electrons. The zero-order chi connectivity index (χ0) is 8.27. The number of nitrogens with two attached hydrogens (primary N) is 1. The number of aromatic nitrogens is 1. The van der Waals surface area contributed by atoms with E-state index in [1.807, 2.05) is 29.0 Å². The second-order valence-electron chi connectivity index (χ2n) is 2.63. The van der Waals surface area contributed by atoms with Gasteiger partial charge in [0.1, 0.15) is 6.54 Å². The van der Waals surface area contributed by atoms with E-state index in [9.17, 15) is 0 Å². The van der Waals surface area contributed by atoms with E-state index in [0.29, 0.717) is 12.4 Å². The number of anilines is 1. The van der Waals surface area contributed by atoms with Gasteiger partial charge in [-0.2, -0.15) is 0 Å². The molecule has 3 nitrogen and oxygen atoms in total. The van der Waals surface area contributed by atoms with Crippen molar-refractivity contribution in [2.75, 3.05) is 5.73 Å². The number of hydrogen-bond donors (Lipinski definition) is 2. The van der Waals surface area contributed by atoms with Crippen molar-refractivity contribution in [3.63, 3.8) is 0 Å². The van der Waals surface area contributed by atoms with Gasteiger partial charge in [-0.05, 0) is 13.0 Å². The van der Waals surface area contributed by atoms with Gasteiger partial charge in [0.25, 0.3) is 5.82 Å². The molecule has 0 aliphatic rings. The summed E-state index contributed by atoms with van der Waals surface area (Å²) < 4.78 is 1.81. The van der Waals surface area contributed by atoms with E-state index >= 15 is 0 Å². The number of aliphatic hydroxyl groups is 1. The van der Waals surface area contributed by atoms with Crippen LogP contribution < -0.4 is 10.3 Å². The molecule has 0 saturated carbocycles. The van der Waals surface area contributed by atoms with Gasteiger partial charge in [0.2, 0.25) is 0 Å². The first-order valence-electron chi connectivity index (χ1n) is 3.62. The topological polar surface area (TPSA) is 50.1 Å². The third-order valence-corrected chi connectivity index (χ3v) is 1.44. The molecule has 1 atom stereocenters. The van der Waals surface area contributed by atoms with Crippen LogP contribution in [0.4, 0.5) is 5.82 Å². The number of aliphatic hydroxyl groups excluding tert-OH is 1. The summed E-state index contributed by atoms with van der Waals surface area (Å²) in [5, 5.41) is 9.05. The first-order chi connectivity index (χ1) is 5.20. The Hall–Kier alpha value is -1.09. The van der Waals surface area contributed by atoms with Crippen LogP contribution in [0.25, 0.3) is 0 Å². The van der Waals surface area contributed by atoms with Gasteiger partial charge in [-0.3, -0.25) is 5.73 Å². The summed E-state index contributed by atoms with van der Waals surface area (Å²) in [6, 6.07) is 5.56. The standard InChI is InChI=1S/C8H12N2O/c1-7(11)6-10-5-3-2-4-8(10)9/h2-5,7,9,11H,6H2,1H3/p+1/t7-/m0/s1. The molecule has 0 aromatic carbocycles. The minimum Gasteiger partial charge on any atom is -0.389 e. The molecule has 0 aliphatic carbocycles. The molecule has 0 saturated heterocycles. The molecule has 3 heteroatoms. The fourth-order valence-electron chi connectivity index (χ4n) is 0.940. The van der Waals surface area contributed by atoms with Crippen molar-refractivity contribution in [1.29, 1.82) is 0 Å². The summed E-state index contributed by atoms with van der Waals surface area (Å²) in [6.07, 6.45) is 1.49. The Bertz CT molecular complexity index is 235. The summed E-state index contributed by atoms with van der Waals surface area (Å²) in [7, 11) is 0. The fraction of sp³-hybridized carbons (Fsp3) is 0.375. The van der Waals surface area contributed by atoms with Crippen LogP contribution in [0.15, 0.2) is 24.4 Å². The van der Waals surface area contributed by atoms with Crippen molar-refractivity contribution in [3.05, 3.63) is 24.4 Å². The van der Waals surface area contributed by atoms with Gasteiger partial charge >= 0.3 is 0 Å². The minimum atomic E-state index is -0.357. The molecule has 1 aromatic rings. The van der Waals surface area contributed by atoms with Gasteiger partial charge in [-0.1, -0.05) is 6.07 Å². The predicted octanol–water partition coefficient (Wildman–Crippen LogP) is -0.0629. The molecule has 0 unspecified atom stereocenters. The van der Waals surface area contributed by atoms with Crippen LogP contribution in [0.2, 0.25) is 0 Å². The highest BCUT2D eigenvalue weighted by atomic mass is 16.3. The maximum absolute atomic E-state index is 9.05. The Balaban J connectivity index is 2.78. The lowest BCUT2D eigenvalue weighted by molar-refractivity contribution is -0.689. The zero-order valence-corrected chi connectivity index (χ0v) is 6.57. The van der Waals surface area contributed by atoms with Crippen LogP contribution in [0.5, 0.6) is 0 Å². The highest BCUT2D eigenvalue weighted by Gasteiger charge is 2.04. The average molecular weight is 153 g/mol. The van der Waals surface area contributed by atoms with E-state index in [1.54, 1.807) is 6.92 Å². The van der Waals surface area contributed by atoms with E-state index in [2.05, 4.69) is 0 Å². The average Bonchev–Trinajstić information content (AvgIpc) is 1.93. The Labute approximate surface area is 66.1 Å². The van der Waals surface area contributed by atoms with Crippen LogP contribution in [-0.4, -0.2) is 11.2 Å². The highest BCUT2D eigenvalue weighted by Crippen LogP contribution is 1.91. The van der Waals surface area contributed by atoms with Gasteiger partial charge in [0.15, 0.2) is 0 Å². The molecule has 0 amide bonds. The van der Waals surface area contributed by atoms with E-state index < -0.39 is 0 Å². The van der Waals surface area contributed by atoms with Crippen molar-refractivity contribution in [2.24, 2.45) is 0 Å². The van der Waals surface area contributed by atoms with Gasteiger partial charge in [-0.25, -0.2) is 4.57 Å². The van der Waals surface area contributed by atoms with Crippen LogP contribution >= 0.6 is 0 Å². The largest absolute Gasteiger partial charge is 0.389 e. The van der Waals surface area contributed by atoms with E-state index in [4.69, 9.17) is 10.8 Å². The SMILES string of the molecule is C[C@H](O)C[n+]1ccccc1N. The van der Waals surface area contributed by atoms with Crippen LogP contribution in [0, 0.1) is 0 Å². The number of pyridine rings is 1. The molecule has 11 heavy (non-hydrogen) atoms. The quantitative estimate of drug-likeness (QED) is 0.585. The lowest BCUT2D eigenvalue weighted by Gasteiger charge is -2.03. The second kappa shape index (κ2) is 3.34. The van der Waals surface area contributed by atoms with Crippen LogP contribution in [0.3, 0.4) is 0 Å². The molecule has 0 aliphatic heterocycles. The summed E-state index contributed by atoms with van der Waals surface area (Å²) in [4.78, 5) is 0. The van der Waals surface area contributed by atoms with E-state index in [0.717, 1.165) is 0 Å². The third-order valence-electron chi connectivity index (χ3n) is 1.44. The number of hydrogen-bond acceptors (Lipinski definition) is 2. The molecule has 1 aromatic heterocycles. The predicted molar refractivity (Wildman–Crippen MR) is 42.7 cm³/mol. The van der Waals surface area contributed by atoms with E-state index in [-0.39, 0.29) is 6.10 Å². The first-order valence-corrected chi connectivity index (χ1v) is 3.62. The smallest absolute Gasteiger partial charge is 0.272 e. The lowest BCUT2D eigenvalue weighted by atomic mass is 10.3. The van der Waals surface area contributed by atoms with Crippen LogP contribution in [0.1, 0.15) is 6.92 Å². The highest BCUT2D eigenvalue weighted by molar-refractivity contribution is 5.18. The summed E-state index contributed by atoms with van der Waals surface area (Å²) in [5.41, 5.74) is 5.62. The Kier molecular flexibility index (Phi) is 2.44. The summed E-state index contributed by atoms with van der Waals surface area (Å²) >= 11 is 0. The van der Waals surface area contributed by atoms with Crippen molar-refractivity contribution in [1.82, 2.24) is 0 Å². The Morgan fingerprint density at radius 1 is 1.64 bits per heavy atom. The zero-order valence-electron chi connectivity index (χ0n) is 6.57. The molecule has 0 bridgehead atoms. The van der Waals surface area contributed by atoms with Gasteiger partial charge in [0.05, 0.1) is 12.3 Å². The maximum atomic E-state index is 9.05. The third kappa shape index (κ3) is 2.20. The molecule has 3 N–H and O–H groups in total. The van der Waals surface area contributed by atoms with E-state index in [1.165, 1.54) is 0 Å². The first kappa shape index (κ1) is 8.01. The summed E-state index contributed by atoms with van der Waals surface area (Å²) in [6.45, 7) is 2.28. The van der Waals surface area contributed by atoms with Crippen LogP contribution in [-0.2, 0) is 6.54 Å². The van der Waals surface area contributed by atoms with Gasteiger partial charge in [-0.15, -0.1) is 0 Å². The Morgan fingerprint density at radius 3 is 2.91 bits per heavy atom. The lowest BCUT2D eigenvalue weighted by Crippen LogP contribution is -2.41. The van der Waals surface area contributed by atoms with Crippen molar-refractivity contribution < 1.29 is 9.67 Å². The second-order valence-corrected chi connectivity index (χ2v) is 2.63. The van der Waals surface area contributed by atoms with Crippen molar-refractivity contribution in [2.45, 2.75) is 19.6 Å². The minimum absolute atomic E-state index is 0.357. The molecule has 0 fully saturated rings. The molecule has 1 heterocycles. The molecule has 0 radical (unpaired) electrons. The van der Waals surface area contributed by atoms with Crippen molar-refractivity contribution >= 4 is 5.82 Å². The molecule has 0 spiro atoms. The molecule has 1 rings (SSSR count). The number of nitrogen functional groups attached to an aromatic ring is 1. The fourth-order valence-corrected chi connectivity index (χ4v) is 0.940. The van der Waals surface area contributed by atoms with Crippen molar-refractivity contribution in [3.8, 4) is 0 Å².